The minimum absolute atomic E-state index is 0.246. The van der Waals surface area contributed by atoms with Crippen LogP contribution < -0.4 is 10.2 Å². The van der Waals surface area contributed by atoms with Crippen LogP contribution in [0.3, 0.4) is 0 Å². The predicted octanol–water partition coefficient (Wildman–Crippen LogP) is 2.21. The third-order valence-electron chi connectivity index (χ3n) is 5.78. The number of benzene rings is 1. The van der Waals surface area contributed by atoms with Gasteiger partial charge in [-0.3, -0.25) is 9.48 Å². The molecule has 0 aliphatic carbocycles. The van der Waals surface area contributed by atoms with Crippen LogP contribution in [0.4, 0.5) is 11.6 Å². The lowest BCUT2D eigenvalue weighted by molar-refractivity contribution is 0.102. The predicted molar refractivity (Wildman–Crippen MR) is 126 cm³/mol. The van der Waals surface area contributed by atoms with Crippen LogP contribution in [0.1, 0.15) is 16.8 Å². The number of pyridine rings is 1. The zero-order valence-electron chi connectivity index (χ0n) is 18.6. The Labute approximate surface area is 191 Å². The minimum atomic E-state index is -0.246. The van der Waals surface area contributed by atoms with Gasteiger partial charge in [-0.2, -0.15) is 0 Å². The highest BCUT2D eigenvalue weighted by Crippen LogP contribution is 2.23. The maximum atomic E-state index is 12.9. The van der Waals surface area contributed by atoms with Crippen molar-refractivity contribution in [3.63, 3.8) is 0 Å². The molecule has 0 saturated carbocycles. The number of nitrogens with one attached hydrogen (secondary N) is 1. The highest BCUT2D eigenvalue weighted by molar-refractivity contribution is 6.04. The molecule has 0 unspecified atom stereocenters. The largest absolute Gasteiger partial charge is 0.355 e. The Balaban J connectivity index is 1.35. The Bertz CT molecular complexity index is 1300. The summed E-state index contributed by atoms with van der Waals surface area (Å²) in [6.45, 7) is 3.85. The fourth-order valence-electron chi connectivity index (χ4n) is 3.94. The average Bonchev–Trinajstić information content (AvgIpc) is 3.15. The zero-order chi connectivity index (χ0) is 22.8. The Morgan fingerprint density at radius 2 is 1.88 bits per heavy atom. The van der Waals surface area contributed by atoms with Crippen molar-refractivity contribution in [2.75, 3.05) is 43.4 Å². The molecule has 4 aromatic rings. The summed E-state index contributed by atoms with van der Waals surface area (Å²) in [5, 5.41) is 20.3. The van der Waals surface area contributed by atoms with Crippen LogP contribution >= 0.6 is 0 Å². The Morgan fingerprint density at radius 1 is 0.970 bits per heavy atom. The number of aromatic nitrogens is 6. The van der Waals surface area contributed by atoms with Crippen molar-refractivity contribution in [1.29, 1.82) is 0 Å². The van der Waals surface area contributed by atoms with Gasteiger partial charge in [-0.25, -0.2) is 4.98 Å². The van der Waals surface area contributed by atoms with E-state index in [0.29, 0.717) is 11.4 Å². The molecule has 0 atom stereocenters. The van der Waals surface area contributed by atoms with Gasteiger partial charge in [0.05, 0.1) is 11.7 Å². The first kappa shape index (κ1) is 21.0. The first-order chi connectivity index (χ1) is 16.0. The summed E-state index contributed by atoms with van der Waals surface area (Å²) >= 11 is 0. The third kappa shape index (κ3) is 4.65. The van der Waals surface area contributed by atoms with Gasteiger partial charge < -0.3 is 15.1 Å². The lowest BCUT2D eigenvalue weighted by Gasteiger charge is -2.21. The van der Waals surface area contributed by atoms with Gasteiger partial charge in [-0.1, -0.05) is 11.3 Å². The number of hydrogen-bond acceptors (Lipinski definition) is 8. The molecule has 33 heavy (non-hydrogen) atoms. The summed E-state index contributed by atoms with van der Waals surface area (Å²) in [6.07, 6.45) is 4.60. The smallest absolute Gasteiger partial charge is 0.257 e. The van der Waals surface area contributed by atoms with Gasteiger partial charge >= 0.3 is 0 Å². The van der Waals surface area contributed by atoms with E-state index >= 15 is 0 Å². The monoisotopic (exact) mass is 443 g/mol. The number of anilines is 2. The normalized spacial score (nSPS) is 14.9. The topological polar surface area (TPSA) is 105 Å². The van der Waals surface area contributed by atoms with Crippen molar-refractivity contribution in [3.05, 3.63) is 54.4 Å². The zero-order valence-corrected chi connectivity index (χ0v) is 18.6. The van der Waals surface area contributed by atoms with E-state index < -0.39 is 0 Å². The molecular weight excluding hydrogens is 418 g/mol. The molecule has 1 fully saturated rings. The van der Waals surface area contributed by atoms with Crippen molar-refractivity contribution in [2.45, 2.75) is 6.42 Å². The summed E-state index contributed by atoms with van der Waals surface area (Å²) in [5.74, 6) is 0.957. The second kappa shape index (κ2) is 8.91. The average molecular weight is 444 g/mol. The molecule has 10 nitrogen and oxygen atoms in total. The summed E-state index contributed by atoms with van der Waals surface area (Å²) in [7, 11) is 3.95. The summed E-state index contributed by atoms with van der Waals surface area (Å²) < 4.78 is 1.66. The Hall–Kier alpha value is -3.92. The maximum Gasteiger partial charge on any atom is 0.257 e. The molecule has 0 spiro atoms. The lowest BCUT2D eigenvalue weighted by Crippen LogP contribution is -2.29. The second-order valence-corrected chi connectivity index (χ2v) is 8.28. The summed E-state index contributed by atoms with van der Waals surface area (Å²) in [5.41, 5.74) is 2.96. The molecule has 1 aliphatic heterocycles. The van der Waals surface area contributed by atoms with Crippen LogP contribution in [-0.2, 0) is 7.05 Å². The van der Waals surface area contributed by atoms with Crippen molar-refractivity contribution < 1.29 is 4.79 Å². The van der Waals surface area contributed by atoms with E-state index in [0.717, 1.165) is 60.6 Å². The van der Waals surface area contributed by atoms with Gasteiger partial charge in [0, 0.05) is 49.4 Å². The summed E-state index contributed by atoms with van der Waals surface area (Å²) in [6, 6.07) is 11.1. The molecule has 168 valence electrons. The van der Waals surface area contributed by atoms with Crippen LogP contribution in [0, 0.1) is 0 Å². The number of carbonyl (C=O) groups excluding carboxylic acids is 1. The van der Waals surface area contributed by atoms with E-state index in [-0.39, 0.29) is 5.91 Å². The number of fused-ring (bicyclic) bond motifs is 1. The molecule has 1 aliphatic rings. The third-order valence-corrected chi connectivity index (χ3v) is 5.78. The number of hydrogen-bond donors (Lipinski definition) is 1. The molecular formula is C23H25N9O. The first-order valence-corrected chi connectivity index (χ1v) is 10.9. The van der Waals surface area contributed by atoms with Crippen LogP contribution in [0.25, 0.3) is 22.2 Å². The van der Waals surface area contributed by atoms with E-state index in [1.165, 1.54) is 0 Å². The second-order valence-electron chi connectivity index (χ2n) is 8.28. The fraction of sp³-hybridized carbons (Fsp3) is 0.304. The number of nitrogens with zero attached hydrogens (tertiary/aromatic N) is 8. The van der Waals surface area contributed by atoms with Crippen molar-refractivity contribution in [3.8, 4) is 11.3 Å². The van der Waals surface area contributed by atoms with Gasteiger partial charge in [0.25, 0.3) is 5.91 Å². The van der Waals surface area contributed by atoms with Gasteiger partial charge in [0.2, 0.25) is 0 Å². The van der Waals surface area contributed by atoms with E-state index in [2.05, 4.69) is 47.7 Å². The standard InChI is InChI=1S/C23H25N9O/c1-30-8-3-9-32(11-10-30)22-14-17(6-7-24-22)23(33)25-21-13-18-12-16(4-5-19(18)26-28-21)20-15-31(2)29-27-20/h4-7,12-15H,3,8-11H2,1-2H3,(H,25,28,33). The SMILES string of the molecule is CN1CCCN(c2cc(C(=O)Nc3cc4cc(-c5cn(C)nn5)ccc4nn3)ccn2)CC1. The number of amides is 1. The first-order valence-electron chi connectivity index (χ1n) is 10.9. The molecule has 3 aromatic heterocycles. The number of aryl methyl sites for hydroxylation is 1. The van der Waals surface area contributed by atoms with Crippen LogP contribution in [0.5, 0.6) is 0 Å². The molecule has 1 N–H and O–H groups in total. The summed E-state index contributed by atoms with van der Waals surface area (Å²) in [4.78, 5) is 22.0. The number of carbonyl (C=O) groups is 1. The Morgan fingerprint density at radius 3 is 2.73 bits per heavy atom. The Kier molecular flexibility index (Phi) is 5.66. The van der Waals surface area contributed by atoms with E-state index in [1.54, 1.807) is 16.9 Å². The van der Waals surface area contributed by atoms with Crippen LogP contribution in [0.15, 0.2) is 48.8 Å². The van der Waals surface area contributed by atoms with Crippen LogP contribution in [-0.4, -0.2) is 74.2 Å². The molecule has 1 aromatic carbocycles. The molecule has 1 amide bonds. The van der Waals surface area contributed by atoms with Crippen molar-refractivity contribution in [1.82, 2.24) is 35.1 Å². The number of likely N-dealkylation sites (N-methyl/N-ethyl adjacent to an activating group) is 1. The fourth-order valence-corrected chi connectivity index (χ4v) is 3.94. The molecule has 0 radical (unpaired) electrons. The van der Waals surface area contributed by atoms with Gasteiger partial charge in [0.1, 0.15) is 11.5 Å². The van der Waals surface area contributed by atoms with E-state index in [1.807, 2.05) is 43.6 Å². The molecule has 1 saturated heterocycles. The quantitative estimate of drug-likeness (QED) is 0.512. The molecule has 0 bridgehead atoms. The van der Waals surface area contributed by atoms with Crippen LogP contribution in [0.2, 0.25) is 0 Å². The van der Waals surface area contributed by atoms with Gasteiger partial charge in [-0.15, -0.1) is 15.3 Å². The molecule has 5 rings (SSSR count). The highest BCUT2D eigenvalue weighted by atomic mass is 16.1. The maximum absolute atomic E-state index is 12.9. The lowest BCUT2D eigenvalue weighted by atomic mass is 10.1. The molecule has 4 heterocycles. The van der Waals surface area contributed by atoms with Gasteiger partial charge in [0.15, 0.2) is 5.82 Å². The highest BCUT2D eigenvalue weighted by Gasteiger charge is 2.16. The van der Waals surface area contributed by atoms with Crippen molar-refractivity contribution in [2.24, 2.45) is 7.05 Å². The van der Waals surface area contributed by atoms with Crippen molar-refractivity contribution >= 4 is 28.4 Å². The number of rotatable bonds is 4. The minimum Gasteiger partial charge on any atom is -0.355 e. The molecule has 10 heteroatoms. The van der Waals surface area contributed by atoms with Gasteiger partial charge in [-0.05, 0) is 50.3 Å². The van der Waals surface area contributed by atoms with E-state index in [9.17, 15) is 4.79 Å². The van der Waals surface area contributed by atoms with E-state index in [4.69, 9.17) is 0 Å².